The average molecular weight is 248 g/mol. The van der Waals surface area contributed by atoms with Crippen molar-refractivity contribution in [3.8, 4) is 0 Å². The minimum Gasteiger partial charge on any atom is -0.340 e. The van der Waals surface area contributed by atoms with Crippen LogP contribution in [0.4, 0.5) is 24.8 Å². The zero-order valence-corrected chi connectivity index (χ0v) is 8.36. The van der Waals surface area contributed by atoms with Gasteiger partial charge in [0.05, 0.1) is 4.92 Å². The molecule has 0 bridgehead atoms. The lowest BCUT2D eigenvalue weighted by Gasteiger charge is -2.20. The molecule has 1 fully saturated rings. The third kappa shape index (κ3) is 2.12. The molecule has 1 heterocycles. The van der Waals surface area contributed by atoms with Crippen molar-refractivity contribution in [3.05, 3.63) is 22.5 Å². The molecule has 1 aromatic rings. The standard InChI is InChI=1S/C8H7F3N4O2/c9-8(10,11)7(1-2-7)14-6-12-3-5(4-13-6)15(16)17/h3-4H,1-2H2,(H,12,13,14). The molecule has 1 aliphatic rings. The predicted octanol–water partition coefficient (Wildman–Crippen LogP) is 1.89. The van der Waals surface area contributed by atoms with Gasteiger partial charge in [-0.15, -0.1) is 0 Å². The molecule has 0 aromatic carbocycles. The highest BCUT2D eigenvalue weighted by molar-refractivity contribution is 5.37. The van der Waals surface area contributed by atoms with Gasteiger partial charge in [-0.1, -0.05) is 0 Å². The maximum absolute atomic E-state index is 12.6. The highest BCUT2D eigenvalue weighted by atomic mass is 19.4. The summed E-state index contributed by atoms with van der Waals surface area (Å²) in [6.45, 7) is 0. The van der Waals surface area contributed by atoms with Crippen molar-refractivity contribution in [2.24, 2.45) is 0 Å². The van der Waals surface area contributed by atoms with Crippen LogP contribution in [-0.4, -0.2) is 26.6 Å². The summed E-state index contributed by atoms with van der Waals surface area (Å²) in [4.78, 5) is 16.5. The van der Waals surface area contributed by atoms with Crippen LogP contribution in [0, 0.1) is 10.1 Å². The Balaban J connectivity index is 2.13. The van der Waals surface area contributed by atoms with Crippen LogP contribution in [0.2, 0.25) is 0 Å². The predicted molar refractivity (Wildman–Crippen MR) is 50.3 cm³/mol. The number of nitrogens with zero attached hydrogens (tertiary/aromatic N) is 3. The average Bonchev–Trinajstić information content (AvgIpc) is 2.98. The maximum Gasteiger partial charge on any atom is 0.411 e. The molecule has 0 aliphatic heterocycles. The Morgan fingerprint density at radius 2 is 1.88 bits per heavy atom. The van der Waals surface area contributed by atoms with Crippen molar-refractivity contribution in [3.63, 3.8) is 0 Å². The summed E-state index contributed by atoms with van der Waals surface area (Å²) in [5.74, 6) is -0.259. The number of aromatic nitrogens is 2. The van der Waals surface area contributed by atoms with Gasteiger partial charge in [-0.05, 0) is 12.8 Å². The number of hydrogen-bond acceptors (Lipinski definition) is 5. The fourth-order valence-electron chi connectivity index (χ4n) is 1.30. The van der Waals surface area contributed by atoms with E-state index in [-0.39, 0.29) is 24.5 Å². The van der Waals surface area contributed by atoms with Crippen LogP contribution >= 0.6 is 0 Å². The number of nitrogens with one attached hydrogen (secondary N) is 1. The van der Waals surface area contributed by atoms with Gasteiger partial charge in [0.2, 0.25) is 5.95 Å². The van der Waals surface area contributed by atoms with Crippen molar-refractivity contribution in [1.82, 2.24) is 9.97 Å². The van der Waals surface area contributed by atoms with E-state index in [1.165, 1.54) is 0 Å². The molecule has 1 aliphatic carbocycles. The minimum atomic E-state index is -4.38. The van der Waals surface area contributed by atoms with Gasteiger partial charge >= 0.3 is 11.9 Å². The number of hydrogen-bond donors (Lipinski definition) is 1. The lowest BCUT2D eigenvalue weighted by molar-refractivity contribution is -0.385. The summed E-state index contributed by atoms with van der Waals surface area (Å²) < 4.78 is 37.7. The molecule has 6 nitrogen and oxygen atoms in total. The summed E-state index contributed by atoms with van der Waals surface area (Å²) in [5.41, 5.74) is -2.34. The Labute approximate surface area is 93.0 Å². The summed E-state index contributed by atoms with van der Waals surface area (Å²) in [6, 6.07) is 0. The molecular weight excluding hydrogens is 241 g/mol. The van der Waals surface area contributed by atoms with Crippen LogP contribution in [-0.2, 0) is 0 Å². The van der Waals surface area contributed by atoms with E-state index in [0.29, 0.717) is 0 Å². The summed E-state index contributed by atoms with van der Waals surface area (Å²) in [6.07, 6.45) is -2.74. The largest absolute Gasteiger partial charge is 0.411 e. The number of anilines is 1. The lowest BCUT2D eigenvalue weighted by atomic mass is 10.2. The first-order valence-electron chi connectivity index (χ1n) is 4.65. The Hall–Kier alpha value is -1.93. The Morgan fingerprint density at radius 1 is 1.35 bits per heavy atom. The van der Waals surface area contributed by atoms with Gasteiger partial charge in [-0.3, -0.25) is 10.1 Å². The van der Waals surface area contributed by atoms with Crippen LogP contribution in [0.5, 0.6) is 0 Å². The number of rotatable bonds is 3. The Kier molecular flexibility index (Phi) is 2.40. The van der Waals surface area contributed by atoms with Crippen LogP contribution in [0.1, 0.15) is 12.8 Å². The van der Waals surface area contributed by atoms with Gasteiger partial charge in [0.1, 0.15) is 17.9 Å². The van der Waals surface area contributed by atoms with Crippen LogP contribution < -0.4 is 5.32 Å². The van der Waals surface area contributed by atoms with E-state index in [9.17, 15) is 23.3 Å². The molecule has 0 amide bonds. The van der Waals surface area contributed by atoms with Crippen molar-refractivity contribution in [1.29, 1.82) is 0 Å². The van der Waals surface area contributed by atoms with E-state index in [0.717, 1.165) is 12.4 Å². The molecular formula is C8H7F3N4O2. The monoisotopic (exact) mass is 248 g/mol. The Bertz CT molecular complexity index is 441. The second-order valence-electron chi connectivity index (χ2n) is 3.73. The van der Waals surface area contributed by atoms with Crippen molar-refractivity contribution in [2.75, 3.05) is 5.32 Å². The molecule has 2 rings (SSSR count). The van der Waals surface area contributed by atoms with Gasteiger partial charge < -0.3 is 5.32 Å². The van der Waals surface area contributed by atoms with Crippen LogP contribution in [0.25, 0.3) is 0 Å². The van der Waals surface area contributed by atoms with Gasteiger partial charge in [-0.25, -0.2) is 9.97 Å². The first kappa shape index (κ1) is 11.6. The van der Waals surface area contributed by atoms with Gasteiger partial charge in [0.25, 0.3) is 0 Å². The minimum absolute atomic E-state index is 0.0448. The first-order chi connectivity index (χ1) is 7.84. The number of halogens is 3. The fraction of sp³-hybridized carbons (Fsp3) is 0.500. The van der Waals surface area contributed by atoms with Crippen LogP contribution in [0.15, 0.2) is 12.4 Å². The highest BCUT2D eigenvalue weighted by Gasteiger charge is 2.64. The van der Waals surface area contributed by atoms with Gasteiger partial charge in [-0.2, -0.15) is 13.2 Å². The van der Waals surface area contributed by atoms with E-state index in [1.54, 1.807) is 0 Å². The second kappa shape index (κ2) is 3.54. The van der Waals surface area contributed by atoms with Crippen molar-refractivity contribution >= 4 is 11.6 Å². The van der Waals surface area contributed by atoms with Crippen molar-refractivity contribution in [2.45, 2.75) is 24.6 Å². The maximum atomic E-state index is 12.6. The fourth-order valence-corrected chi connectivity index (χ4v) is 1.30. The second-order valence-corrected chi connectivity index (χ2v) is 3.73. The molecule has 1 saturated carbocycles. The van der Waals surface area contributed by atoms with E-state index < -0.39 is 16.6 Å². The molecule has 92 valence electrons. The highest BCUT2D eigenvalue weighted by Crippen LogP contribution is 2.50. The third-order valence-corrected chi connectivity index (χ3v) is 2.49. The van der Waals surface area contributed by atoms with Crippen molar-refractivity contribution < 1.29 is 18.1 Å². The summed E-state index contributed by atoms with van der Waals surface area (Å²) in [5, 5.41) is 12.5. The van der Waals surface area contributed by atoms with E-state index >= 15 is 0 Å². The molecule has 17 heavy (non-hydrogen) atoms. The first-order valence-corrected chi connectivity index (χ1v) is 4.65. The third-order valence-electron chi connectivity index (χ3n) is 2.49. The quantitative estimate of drug-likeness (QED) is 0.652. The van der Waals surface area contributed by atoms with Crippen LogP contribution in [0.3, 0.4) is 0 Å². The molecule has 1 aromatic heterocycles. The lowest BCUT2D eigenvalue weighted by Crippen LogP contribution is -2.39. The zero-order valence-electron chi connectivity index (χ0n) is 8.36. The normalized spacial score (nSPS) is 17.6. The van der Waals surface area contributed by atoms with Gasteiger partial charge in [0.15, 0.2) is 0 Å². The SMILES string of the molecule is O=[N+]([O-])c1cnc(NC2(C(F)(F)F)CC2)nc1. The molecule has 0 atom stereocenters. The molecule has 1 N–H and O–H groups in total. The summed E-state index contributed by atoms with van der Waals surface area (Å²) in [7, 11) is 0. The molecule has 0 spiro atoms. The van der Waals surface area contributed by atoms with E-state index in [4.69, 9.17) is 0 Å². The molecule has 9 heteroatoms. The number of alkyl halides is 3. The number of nitro groups is 1. The molecule has 0 unspecified atom stereocenters. The molecule has 0 radical (unpaired) electrons. The smallest absolute Gasteiger partial charge is 0.340 e. The van der Waals surface area contributed by atoms with E-state index in [2.05, 4.69) is 15.3 Å². The zero-order chi connectivity index (χ0) is 12.7. The van der Waals surface area contributed by atoms with E-state index in [1.807, 2.05) is 0 Å². The summed E-state index contributed by atoms with van der Waals surface area (Å²) >= 11 is 0. The molecule has 0 saturated heterocycles. The Morgan fingerprint density at radius 3 is 2.24 bits per heavy atom. The van der Waals surface area contributed by atoms with Gasteiger partial charge in [0, 0.05) is 0 Å². The topological polar surface area (TPSA) is 81.0 Å².